The summed E-state index contributed by atoms with van der Waals surface area (Å²) in [5, 5.41) is 17.2. The lowest BCUT2D eigenvalue weighted by molar-refractivity contribution is -0.137. The Morgan fingerprint density at radius 2 is 1.29 bits per heavy atom. The lowest BCUT2D eigenvalue weighted by Gasteiger charge is -2.12. The van der Waals surface area contributed by atoms with Crippen molar-refractivity contribution < 1.29 is 29.1 Å². The second-order valence-electron chi connectivity index (χ2n) is 5.50. The maximum Gasteiger partial charge on any atom is 0.322 e. The van der Waals surface area contributed by atoms with Crippen LogP contribution in [0.25, 0.3) is 0 Å². The van der Waals surface area contributed by atoms with Crippen LogP contribution in [0.15, 0.2) is 4.99 Å². The number of carbonyl (C=O) groups excluding carboxylic acids is 4. The number of guanidine groups is 1. The summed E-state index contributed by atoms with van der Waals surface area (Å²) >= 11 is 0. The topological polar surface area (TPSA) is 244 Å². The number of carbonyl (C=O) groups is 5. The quantitative estimate of drug-likeness (QED) is 0.0832. The number of aliphatic carboxylic acids is 1. The van der Waals surface area contributed by atoms with Crippen LogP contribution in [0.3, 0.4) is 0 Å². The summed E-state index contributed by atoms with van der Waals surface area (Å²) < 4.78 is 0. The molecular weight excluding hydrogens is 376 g/mol. The first-order valence-electron chi connectivity index (χ1n) is 8.22. The highest BCUT2D eigenvalue weighted by molar-refractivity contribution is 5.91. The number of rotatable bonds is 13. The Hall–Kier alpha value is -3.42. The van der Waals surface area contributed by atoms with Crippen molar-refractivity contribution in [3.63, 3.8) is 0 Å². The summed E-state index contributed by atoms with van der Waals surface area (Å²) in [6.45, 7) is -1.49. The number of nitrogens with two attached hydrogens (primary N) is 3. The summed E-state index contributed by atoms with van der Waals surface area (Å²) in [6, 6.07) is -0.838. The average molecular weight is 402 g/mol. The number of carboxylic acids is 1. The van der Waals surface area contributed by atoms with E-state index in [0.717, 1.165) is 0 Å². The third-order valence-corrected chi connectivity index (χ3v) is 3.06. The molecular formula is C14H26N8O6. The van der Waals surface area contributed by atoms with Crippen LogP contribution in [0.1, 0.15) is 12.8 Å². The SMILES string of the molecule is NC(N)=NCCCC(N)C(=O)NCC(=O)NCC(=O)NCC(=O)NCC(=O)O. The van der Waals surface area contributed by atoms with E-state index < -0.39 is 55.3 Å². The molecule has 4 amide bonds. The van der Waals surface area contributed by atoms with Crippen LogP contribution in [0.5, 0.6) is 0 Å². The van der Waals surface area contributed by atoms with Gasteiger partial charge in [-0.05, 0) is 12.8 Å². The average Bonchev–Trinajstić information content (AvgIpc) is 2.63. The minimum absolute atomic E-state index is 0.0559. The van der Waals surface area contributed by atoms with Crippen LogP contribution in [-0.2, 0) is 24.0 Å². The third kappa shape index (κ3) is 13.8. The van der Waals surface area contributed by atoms with E-state index in [0.29, 0.717) is 19.4 Å². The molecule has 0 saturated heterocycles. The number of hydrogen-bond donors (Lipinski definition) is 8. The number of carboxylic acid groups (broad SMARTS) is 1. The van der Waals surface area contributed by atoms with Crippen molar-refractivity contribution in [3.8, 4) is 0 Å². The molecule has 0 aliphatic carbocycles. The van der Waals surface area contributed by atoms with Crippen molar-refractivity contribution in [2.24, 2.45) is 22.2 Å². The fourth-order valence-electron chi connectivity index (χ4n) is 1.67. The number of amides is 4. The van der Waals surface area contributed by atoms with Crippen molar-refractivity contribution in [1.29, 1.82) is 0 Å². The normalized spacial score (nSPS) is 10.9. The molecule has 158 valence electrons. The number of nitrogens with one attached hydrogen (secondary N) is 4. The first-order valence-corrected chi connectivity index (χ1v) is 8.22. The van der Waals surface area contributed by atoms with E-state index in [2.05, 4.69) is 20.9 Å². The Morgan fingerprint density at radius 3 is 1.75 bits per heavy atom. The van der Waals surface area contributed by atoms with E-state index in [9.17, 15) is 24.0 Å². The van der Waals surface area contributed by atoms with Gasteiger partial charge in [0, 0.05) is 6.54 Å². The van der Waals surface area contributed by atoms with Crippen LogP contribution in [0.4, 0.5) is 0 Å². The maximum atomic E-state index is 11.7. The zero-order valence-electron chi connectivity index (χ0n) is 15.2. The van der Waals surface area contributed by atoms with Crippen molar-refractivity contribution in [3.05, 3.63) is 0 Å². The lowest BCUT2D eigenvalue weighted by atomic mass is 10.1. The fraction of sp³-hybridized carbons (Fsp3) is 0.571. The summed E-state index contributed by atoms with van der Waals surface area (Å²) in [5.41, 5.74) is 16.0. The highest BCUT2D eigenvalue weighted by Crippen LogP contribution is 1.95. The highest BCUT2D eigenvalue weighted by Gasteiger charge is 2.14. The largest absolute Gasteiger partial charge is 0.480 e. The zero-order chi connectivity index (χ0) is 21.5. The highest BCUT2D eigenvalue weighted by atomic mass is 16.4. The predicted octanol–water partition coefficient (Wildman–Crippen LogP) is -5.08. The molecule has 0 aliphatic heterocycles. The molecule has 0 heterocycles. The predicted molar refractivity (Wildman–Crippen MR) is 97.6 cm³/mol. The molecule has 14 nitrogen and oxygen atoms in total. The fourth-order valence-corrected chi connectivity index (χ4v) is 1.67. The van der Waals surface area contributed by atoms with Crippen LogP contribution < -0.4 is 38.5 Å². The van der Waals surface area contributed by atoms with Crippen molar-refractivity contribution in [2.45, 2.75) is 18.9 Å². The monoisotopic (exact) mass is 402 g/mol. The van der Waals surface area contributed by atoms with Gasteiger partial charge in [-0.2, -0.15) is 0 Å². The molecule has 0 saturated carbocycles. The van der Waals surface area contributed by atoms with Crippen LogP contribution in [0, 0.1) is 0 Å². The third-order valence-electron chi connectivity index (χ3n) is 3.06. The molecule has 1 atom stereocenters. The zero-order valence-corrected chi connectivity index (χ0v) is 15.2. The second kappa shape index (κ2) is 13.7. The van der Waals surface area contributed by atoms with Gasteiger partial charge in [0.2, 0.25) is 23.6 Å². The Labute approximate surface area is 160 Å². The summed E-state index contributed by atoms with van der Waals surface area (Å²) in [4.78, 5) is 60.0. The minimum Gasteiger partial charge on any atom is -0.480 e. The Morgan fingerprint density at radius 1 is 0.821 bits per heavy atom. The first-order chi connectivity index (χ1) is 13.1. The Bertz CT molecular complexity index is 605. The van der Waals surface area contributed by atoms with Crippen molar-refractivity contribution >= 4 is 35.6 Å². The van der Waals surface area contributed by atoms with Crippen molar-refractivity contribution in [1.82, 2.24) is 21.3 Å². The minimum atomic E-state index is -1.22. The molecule has 14 heteroatoms. The Kier molecular flexibility index (Phi) is 12.1. The Balaban J connectivity index is 3.91. The number of aliphatic imine (C=N–C) groups is 1. The number of nitrogens with zero attached hydrogens (tertiary/aromatic N) is 1. The van der Waals surface area contributed by atoms with Gasteiger partial charge in [0.25, 0.3) is 0 Å². The molecule has 11 N–H and O–H groups in total. The summed E-state index contributed by atoms with van der Waals surface area (Å²) in [7, 11) is 0. The van der Waals surface area contributed by atoms with E-state index in [4.69, 9.17) is 22.3 Å². The van der Waals surface area contributed by atoms with Crippen LogP contribution >= 0.6 is 0 Å². The molecule has 0 aromatic heterocycles. The number of hydrogen-bond acceptors (Lipinski definition) is 7. The molecule has 0 bridgehead atoms. The van der Waals surface area contributed by atoms with Gasteiger partial charge in [-0.15, -0.1) is 0 Å². The lowest BCUT2D eigenvalue weighted by Crippen LogP contribution is -2.47. The second-order valence-corrected chi connectivity index (χ2v) is 5.50. The van der Waals surface area contributed by atoms with E-state index in [1.54, 1.807) is 0 Å². The van der Waals surface area contributed by atoms with Gasteiger partial charge >= 0.3 is 5.97 Å². The maximum absolute atomic E-state index is 11.7. The van der Waals surface area contributed by atoms with Gasteiger partial charge in [-0.3, -0.25) is 29.0 Å². The smallest absolute Gasteiger partial charge is 0.322 e. The van der Waals surface area contributed by atoms with Gasteiger partial charge in [-0.1, -0.05) is 0 Å². The van der Waals surface area contributed by atoms with Gasteiger partial charge in [0.1, 0.15) is 6.54 Å². The summed E-state index contributed by atoms with van der Waals surface area (Å²) in [5.74, 6) is -3.81. The molecule has 0 aliphatic rings. The van der Waals surface area contributed by atoms with Crippen LogP contribution in [0.2, 0.25) is 0 Å². The molecule has 1 unspecified atom stereocenters. The standard InChI is InChI=1S/C14H26N8O6/c15-8(2-1-3-18-14(16)17)13(28)22-6-11(25)20-4-9(23)19-5-10(24)21-7-12(26)27/h8H,1-7,15H2,(H,19,23)(H,20,25)(H,21,24)(H,22,28)(H,26,27)(H4,16,17,18). The molecule has 0 aromatic rings. The first kappa shape index (κ1) is 24.6. The van der Waals surface area contributed by atoms with E-state index >= 15 is 0 Å². The van der Waals surface area contributed by atoms with Gasteiger partial charge in [-0.25, -0.2) is 0 Å². The molecule has 0 spiro atoms. The molecule has 0 radical (unpaired) electrons. The van der Waals surface area contributed by atoms with Gasteiger partial charge < -0.3 is 43.6 Å². The van der Waals surface area contributed by atoms with E-state index in [-0.39, 0.29) is 12.5 Å². The molecule has 0 fully saturated rings. The van der Waals surface area contributed by atoms with Crippen LogP contribution in [-0.4, -0.2) is 79.4 Å². The summed E-state index contributed by atoms with van der Waals surface area (Å²) in [6.07, 6.45) is 0.801. The molecule has 0 aromatic carbocycles. The van der Waals surface area contributed by atoms with E-state index in [1.165, 1.54) is 0 Å². The molecule has 0 rings (SSSR count). The van der Waals surface area contributed by atoms with Crippen molar-refractivity contribution in [2.75, 3.05) is 32.7 Å². The molecule has 28 heavy (non-hydrogen) atoms. The van der Waals surface area contributed by atoms with Gasteiger partial charge in [0.15, 0.2) is 5.96 Å². The van der Waals surface area contributed by atoms with E-state index in [1.807, 2.05) is 5.32 Å². The van der Waals surface area contributed by atoms with Gasteiger partial charge in [0.05, 0.1) is 25.7 Å².